The highest BCUT2D eigenvalue weighted by Crippen LogP contribution is 2.18. The van der Waals surface area contributed by atoms with Crippen LogP contribution in [0.25, 0.3) is 0 Å². The summed E-state index contributed by atoms with van der Waals surface area (Å²) in [5.74, 6) is 0.305. The van der Waals surface area contributed by atoms with Crippen molar-refractivity contribution in [1.29, 1.82) is 0 Å². The Morgan fingerprint density at radius 2 is 1.83 bits per heavy atom. The Hall–Kier alpha value is -1.88. The third kappa shape index (κ3) is 5.36. The largest absolute Gasteiger partial charge is 0.352 e. The van der Waals surface area contributed by atoms with Crippen molar-refractivity contribution in [2.24, 2.45) is 5.92 Å². The second-order valence-corrected chi connectivity index (χ2v) is 6.21. The van der Waals surface area contributed by atoms with Crippen molar-refractivity contribution in [2.45, 2.75) is 32.7 Å². The van der Waals surface area contributed by atoms with Crippen LogP contribution in [0.3, 0.4) is 0 Å². The molecule has 5 heteroatoms. The molecule has 1 aromatic rings. The first kappa shape index (κ1) is 17.5. The van der Waals surface area contributed by atoms with Crippen LogP contribution in [0.1, 0.15) is 30.4 Å². The van der Waals surface area contributed by atoms with Gasteiger partial charge in [0.15, 0.2) is 0 Å². The van der Waals surface area contributed by atoms with Crippen LogP contribution in [0.15, 0.2) is 24.3 Å². The van der Waals surface area contributed by atoms with E-state index in [1.165, 1.54) is 5.56 Å². The topological polar surface area (TPSA) is 61.4 Å². The number of carbonyl (C=O) groups excluding carboxylic acids is 2. The zero-order chi connectivity index (χ0) is 16.7. The molecule has 2 amide bonds. The fourth-order valence-electron chi connectivity index (χ4n) is 2.82. The second kappa shape index (κ2) is 8.67. The van der Waals surface area contributed by atoms with Gasteiger partial charge in [-0.05, 0) is 32.4 Å². The molecule has 1 aliphatic rings. The molecule has 0 spiro atoms. The van der Waals surface area contributed by atoms with Crippen molar-refractivity contribution in [3.63, 3.8) is 0 Å². The van der Waals surface area contributed by atoms with E-state index in [1.807, 2.05) is 31.0 Å². The van der Waals surface area contributed by atoms with E-state index in [-0.39, 0.29) is 17.7 Å². The molecule has 0 unspecified atom stereocenters. The number of rotatable bonds is 6. The van der Waals surface area contributed by atoms with Gasteiger partial charge in [-0.1, -0.05) is 29.8 Å². The monoisotopic (exact) mass is 317 g/mol. The van der Waals surface area contributed by atoms with Crippen LogP contribution in [-0.2, 0) is 16.1 Å². The van der Waals surface area contributed by atoms with Gasteiger partial charge in [-0.15, -0.1) is 0 Å². The van der Waals surface area contributed by atoms with Gasteiger partial charge in [-0.2, -0.15) is 0 Å². The number of aryl methyl sites for hydroxylation is 1. The lowest BCUT2D eigenvalue weighted by Crippen LogP contribution is -2.43. The van der Waals surface area contributed by atoms with Gasteiger partial charge in [0.05, 0.1) is 0 Å². The normalized spacial score (nSPS) is 15.5. The molecule has 1 saturated heterocycles. The molecule has 2 rings (SSSR count). The van der Waals surface area contributed by atoms with E-state index in [9.17, 15) is 9.59 Å². The molecule has 1 aliphatic heterocycles. The molecule has 0 radical (unpaired) electrons. The lowest BCUT2D eigenvalue weighted by Gasteiger charge is -2.31. The highest BCUT2D eigenvalue weighted by Gasteiger charge is 2.26. The van der Waals surface area contributed by atoms with Crippen molar-refractivity contribution >= 4 is 11.8 Å². The van der Waals surface area contributed by atoms with Crippen LogP contribution in [0.2, 0.25) is 0 Å². The Bertz CT molecular complexity index is 520. The molecular formula is C18H27N3O2. The molecule has 0 saturated carbocycles. The zero-order valence-electron chi connectivity index (χ0n) is 14.1. The molecule has 0 bridgehead atoms. The van der Waals surface area contributed by atoms with Gasteiger partial charge in [-0.3, -0.25) is 9.59 Å². The van der Waals surface area contributed by atoms with Gasteiger partial charge in [0.2, 0.25) is 11.8 Å². The summed E-state index contributed by atoms with van der Waals surface area (Å²) in [6, 6.07) is 8.19. The third-order valence-electron chi connectivity index (χ3n) is 4.39. The Kier molecular flexibility index (Phi) is 6.59. The van der Waals surface area contributed by atoms with Crippen molar-refractivity contribution in [3.05, 3.63) is 35.4 Å². The molecule has 126 valence electrons. The summed E-state index contributed by atoms with van der Waals surface area (Å²) in [7, 11) is 1.85. The fourth-order valence-corrected chi connectivity index (χ4v) is 2.82. The Morgan fingerprint density at radius 3 is 2.43 bits per heavy atom. The van der Waals surface area contributed by atoms with Gasteiger partial charge in [0, 0.05) is 38.5 Å². The number of likely N-dealkylation sites (tertiary alicyclic amines) is 1. The van der Waals surface area contributed by atoms with Crippen LogP contribution >= 0.6 is 0 Å². The van der Waals surface area contributed by atoms with Crippen molar-refractivity contribution in [2.75, 3.05) is 26.7 Å². The molecule has 0 atom stereocenters. The molecule has 1 aromatic carbocycles. The number of piperidine rings is 1. The van der Waals surface area contributed by atoms with Crippen LogP contribution in [0.5, 0.6) is 0 Å². The zero-order valence-corrected chi connectivity index (χ0v) is 14.1. The number of hydrogen-bond acceptors (Lipinski definition) is 3. The van der Waals surface area contributed by atoms with Crippen molar-refractivity contribution in [3.8, 4) is 0 Å². The first-order valence-electron chi connectivity index (χ1n) is 8.36. The SMILES string of the molecule is CNCCC(=O)N1CCC(C(=O)NCc2ccc(C)cc2)CC1. The molecule has 5 nitrogen and oxygen atoms in total. The summed E-state index contributed by atoms with van der Waals surface area (Å²) in [4.78, 5) is 26.1. The molecule has 1 fully saturated rings. The standard InChI is InChI=1S/C18H27N3O2/c1-14-3-5-15(6-4-14)13-20-18(23)16-8-11-21(12-9-16)17(22)7-10-19-2/h3-6,16,19H,7-13H2,1-2H3,(H,20,23). The van der Waals surface area contributed by atoms with E-state index in [2.05, 4.69) is 22.8 Å². The Balaban J connectivity index is 1.73. The highest BCUT2D eigenvalue weighted by atomic mass is 16.2. The smallest absolute Gasteiger partial charge is 0.223 e. The van der Waals surface area contributed by atoms with Crippen molar-refractivity contribution in [1.82, 2.24) is 15.5 Å². The lowest BCUT2D eigenvalue weighted by atomic mass is 9.95. The van der Waals surface area contributed by atoms with Crippen LogP contribution in [0, 0.1) is 12.8 Å². The van der Waals surface area contributed by atoms with E-state index in [0.717, 1.165) is 18.4 Å². The molecule has 0 aromatic heterocycles. The number of nitrogens with one attached hydrogen (secondary N) is 2. The predicted octanol–water partition coefficient (Wildman–Crippen LogP) is 1.46. The lowest BCUT2D eigenvalue weighted by molar-refractivity contribution is -0.135. The summed E-state index contributed by atoms with van der Waals surface area (Å²) in [6.07, 6.45) is 2.04. The van der Waals surface area contributed by atoms with E-state index in [1.54, 1.807) is 0 Å². The molecule has 23 heavy (non-hydrogen) atoms. The van der Waals surface area contributed by atoms with E-state index >= 15 is 0 Å². The minimum Gasteiger partial charge on any atom is -0.352 e. The first-order valence-corrected chi connectivity index (χ1v) is 8.36. The molecular weight excluding hydrogens is 290 g/mol. The summed E-state index contributed by atoms with van der Waals surface area (Å²) in [6.45, 7) is 4.70. The van der Waals surface area contributed by atoms with Crippen molar-refractivity contribution < 1.29 is 9.59 Å². The predicted molar refractivity (Wildman–Crippen MR) is 90.9 cm³/mol. The maximum Gasteiger partial charge on any atom is 0.223 e. The van der Waals surface area contributed by atoms with Gasteiger partial charge in [-0.25, -0.2) is 0 Å². The van der Waals surface area contributed by atoms with E-state index < -0.39 is 0 Å². The highest BCUT2D eigenvalue weighted by molar-refractivity contribution is 5.80. The maximum absolute atomic E-state index is 12.3. The average Bonchev–Trinajstić information content (AvgIpc) is 2.59. The molecule has 0 aliphatic carbocycles. The summed E-state index contributed by atoms with van der Waals surface area (Å²) in [5, 5.41) is 6.00. The average molecular weight is 317 g/mol. The number of amides is 2. The summed E-state index contributed by atoms with van der Waals surface area (Å²) < 4.78 is 0. The first-order chi connectivity index (χ1) is 11.1. The maximum atomic E-state index is 12.3. The third-order valence-corrected chi connectivity index (χ3v) is 4.39. The summed E-state index contributed by atoms with van der Waals surface area (Å²) in [5.41, 5.74) is 2.33. The quantitative estimate of drug-likeness (QED) is 0.835. The van der Waals surface area contributed by atoms with Crippen LogP contribution in [0.4, 0.5) is 0 Å². The van der Waals surface area contributed by atoms with E-state index in [4.69, 9.17) is 0 Å². The number of benzene rings is 1. The van der Waals surface area contributed by atoms with Crippen LogP contribution in [-0.4, -0.2) is 43.4 Å². The number of hydrogen-bond donors (Lipinski definition) is 2. The van der Waals surface area contributed by atoms with E-state index in [0.29, 0.717) is 32.6 Å². The fraction of sp³-hybridized carbons (Fsp3) is 0.556. The van der Waals surface area contributed by atoms with Gasteiger partial charge < -0.3 is 15.5 Å². The Labute approximate surface area is 138 Å². The Morgan fingerprint density at radius 1 is 1.17 bits per heavy atom. The minimum absolute atomic E-state index is 0.0220. The molecule has 2 N–H and O–H groups in total. The number of carbonyl (C=O) groups is 2. The number of nitrogens with zero attached hydrogens (tertiary/aromatic N) is 1. The van der Waals surface area contributed by atoms with Gasteiger partial charge >= 0.3 is 0 Å². The second-order valence-electron chi connectivity index (χ2n) is 6.21. The molecule has 1 heterocycles. The van der Waals surface area contributed by atoms with Crippen LogP contribution < -0.4 is 10.6 Å². The summed E-state index contributed by atoms with van der Waals surface area (Å²) >= 11 is 0. The van der Waals surface area contributed by atoms with Gasteiger partial charge in [0.25, 0.3) is 0 Å². The minimum atomic E-state index is 0.0220. The van der Waals surface area contributed by atoms with Gasteiger partial charge in [0.1, 0.15) is 0 Å².